The Hall–Kier alpha value is -0.160. The lowest BCUT2D eigenvalue weighted by Crippen LogP contribution is -2.50. The van der Waals surface area contributed by atoms with E-state index < -0.39 is 0 Å². The summed E-state index contributed by atoms with van der Waals surface area (Å²) in [5, 5.41) is 18.7. The molecule has 0 saturated carbocycles. The van der Waals surface area contributed by atoms with Crippen LogP contribution in [-0.2, 0) is 0 Å². The van der Waals surface area contributed by atoms with Crippen molar-refractivity contribution in [2.24, 2.45) is 11.8 Å². The van der Waals surface area contributed by atoms with E-state index in [2.05, 4.69) is 9.80 Å². The van der Waals surface area contributed by atoms with Gasteiger partial charge in [0.05, 0.1) is 12.2 Å². The fraction of sp³-hybridized carbons (Fsp3) is 1.00. The predicted octanol–water partition coefficient (Wildman–Crippen LogP) is 0.146. The number of rotatable bonds is 0. The fourth-order valence-corrected chi connectivity index (χ4v) is 3.87. The van der Waals surface area contributed by atoms with Crippen molar-refractivity contribution >= 4 is 0 Å². The molecule has 0 amide bonds. The lowest BCUT2D eigenvalue weighted by Gasteiger charge is -2.42. The molecule has 6 aliphatic heterocycles. The topological polar surface area (TPSA) is 46.9 Å². The maximum Gasteiger partial charge on any atom is 0.0696 e. The Morgan fingerprint density at radius 3 is 1.06 bits per heavy atom. The molecule has 2 N–H and O–H groups in total. The maximum absolute atomic E-state index is 9.36. The number of fused-ring (bicyclic) bond motifs is 6. The third-order valence-electron chi connectivity index (χ3n) is 5.24. The number of nitrogens with zero attached hydrogens (tertiary/aromatic N) is 2. The first-order valence-electron chi connectivity index (χ1n) is 7.53. The van der Waals surface area contributed by atoms with Crippen LogP contribution in [0.2, 0.25) is 0 Å². The molecular formula is C14H26N2O2. The summed E-state index contributed by atoms with van der Waals surface area (Å²) < 4.78 is 0. The molecule has 18 heavy (non-hydrogen) atoms. The molecule has 2 unspecified atom stereocenters. The highest BCUT2D eigenvalue weighted by molar-refractivity contribution is 4.86. The molecule has 4 bridgehead atoms. The molecule has 0 radical (unpaired) electrons. The quantitative estimate of drug-likeness (QED) is 0.646. The summed E-state index contributed by atoms with van der Waals surface area (Å²) in [6.45, 7) is 6.77. The molecule has 0 aromatic rings. The first kappa shape index (κ1) is 12.9. The van der Waals surface area contributed by atoms with Crippen LogP contribution in [0.4, 0.5) is 0 Å². The van der Waals surface area contributed by atoms with Gasteiger partial charge in [-0.3, -0.25) is 0 Å². The average molecular weight is 254 g/mol. The van der Waals surface area contributed by atoms with Crippen molar-refractivity contribution in [1.29, 1.82) is 0 Å². The van der Waals surface area contributed by atoms with Crippen molar-refractivity contribution in [1.82, 2.24) is 9.80 Å². The predicted molar refractivity (Wildman–Crippen MR) is 70.3 cm³/mol. The van der Waals surface area contributed by atoms with Gasteiger partial charge < -0.3 is 20.0 Å². The zero-order chi connectivity index (χ0) is 12.5. The molecule has 6 heterocycles. The van der Waals surface area contributed by atoms with Crippen LogP contribution in [0.15, 0.2) is 0 Å². The summed E-state index contributed by atoms with van der Waals surface area (Å²) in [6, 6.07) is 0. The minimum absolute atomic E-state index is 0.00694. The van der Waals surface area contributed by atoms with E-state index >= 15 is 0 Å². The van der Waals surface area contributed by atoms with Gasteiger partial charge in [0, 0.05) is 13.1 Å². The van der Waals surface area contributed by atoms with Crippen molar-refractivity contribution in [3.8, 4) is 0 Å². The van der Waals surface area contributed by atoms with Crippen LogP contribution in [0.1, 0.15) is 25.7 Å². The van der Waals surface area contributed by atoms with E-state index in [-0.39, 0.29) is 12.2 Å². The molecule has 6 fully saturated rings. The van der Waals surface area contributed by atoms with Gasteiger partial charge in [-0.1, -0.05) is 0 Å². The molecule has 6 rings (SSSR count). The molecular weight excluding hydrogens is 228 g/mol. The summed E-state index contributed by atoms with van der Waals surface area (Å²) in [4.78, 5) is 4.70. The highest BCUT2D eigenvalue weighted by Crippen LogP contribution is 2.27. The smallest absolute Gasteiger partial charge is 0.0696 e. The fourth-order valence-electron chi connectivity index (χ4n) is 3.87. The van der Waals surface area contributed by atoms with Gasteiger partial charge in [0.25, 0.3) is 0 Å². The normalized spacial score (nSPS) is 49.7. The molecule has 0 aromatic carbocycles. The first-order valence-corrected chi connectivity index (χ1v) is 7.53. The zero-order valence-corrected chi connectivity index (χ0v) is 11.2. The highest BCUT2D eigenvalue weighted by atomic mass is 16.3. The Labute approximate surface area is 110 Å². The molecule has 104 valence electrons. The third-order valence-corrected chi connectivity index (χ3v) is 5.24. The van der Waals surface area contributed by atoms with Crippen molar-refractivity contribution in [2.45, 2.75) is 37.9 Å². The highest BCUT2D eigenvalue weighted by Gasteiger charge is 2.33. The second kappa shape index (κ2) is 5.45. The van der Waals surface area contributed by atoms with E-state index in [9.17, 15) is 10.2 Å². The molecule has 0 spiro atoms. The van der Waals surface area contributed by atoms with Crippen molar-refractivity contribution in [3.63, 3.8) is 0 Å². The second-order valence-corrected chi connectivity index (χ2v) is 6.41. The van der Waals surface area contributed by atoms with Gasteiger partial charge in [-0.05, 0) is 63.7 Å². The Kier molecular flexibility index (Phi) is 3.89. The summed E-state index contributed by atoms with van der Waals surface area (Å²) in [5.74, 6) is 1.27. The van der Waals surface area contributed by atoms with Gasteiger partial charge in [-0.2, -0.15) is 0 Å². The minimum Gasteiger partial charge on any atom is -0.392 e. The van der Waals surface area contributed by atoms with Crippen molar-refractivity contribution in [2.75, 3.05) is 39.3 Å². The molecule has 0 aromatic heterocycles. The average Bonchev–Trinajstić information content (AvgIpc) is 2.41. The van der Waals surface area contributed by atoms with Crippen LogP contribution in [-0.4, -0.2) is 71.5 Å². The standard InChI is InChI=1S/2C7H13NO/c2*9-7-5-8-3-1-6(7)2-4-8/h2*6-7,9H,1-5H2. The van der Waals surface area contributed by atoms with Crippen LogP contribution in [0.3, 0.4) is 0 Å². The Morgan fingerprint density at radius 1 is 0.611 bits per heavy atom. The van der Waals surface area contributed by atoms with Crippen molar-refractivity contribution < 1.29 is 10.2 Å². The molecule has 0 aliphatic carbocycles. The third kappa shape index (κ3) is 2.72. The number of aliphatic hydroxyl groups excluding tert-OH is 2. The first-order chi connectivity index (χ1) is 8.72. The van der Waals surface area contributed by atoms with Crippen LogP contribution >= 0.6 is 0 Å². The maximum atomic E-state index is 9.36. The van der Waals surface area contributed by atoms with Crippen molar-refractivity contribution in [3.05, 3.63) is 0 Å². The largest absolute Gasteiger partial charge is 0.392 e. The van der Waals surface area contributed by atoms with Gasteiger partial charge in [0.2, 0.25) is 0 Å². The minimum atomic E-state index is -0.00694. The summed E-state index contributed by atoms with van der Waals surface area (Å²) >= 11 is 0. The van der Waals surface area contributed by atoms with E-state index in [1.165, 1.54) is 51.9 Å². The van der Waals surface area contributed by atoms with Gasteiger partial charge in [-0.25, -0.2) is 0 Å². The van der Waals surface area contributed by atoms with Gasteiger partial charge >= 0.3 is 0 Å². The number of piperidine rings is 6. The number of aliphatic hydroxyl groups is 2. The lowest BCUT2D eigenvalue weighted by atomic mass is 9.86. The van der Waals surface area contributed by atoms with E-state index in [1.807, 2.05) is 0 Å². The van der Waals surface area contributed by atoms with Crippen LogP contribution in [0.5, 0.6) is 0 Å². The van der Waals surface area contributed by atoms with Gasteiger partial charge in [0.15, 0.2) is 0 Å². The molecule has 6 saturated heterocycles. The zero-order valence-electron chi connectivity index (χ0n) is 11.2. The molecule has 4 heteroatoms. The lowest BCUT2D eigenvalue weighted by molar-refractivity contribution is -0.0228. The monoisotopic (exact) mass is 254 g/mol. The van der Waals surface area contributed by atoms with E-state index in [1.54, 1.807) is 0 Å². The summed E-state index contributed by atoms with van der Waals surface area (Å²) in [6.07, 6.45) is 4.88. The Bertz CT molecular complexity index is 243. The SMILES string of the molecule is OC1CN2CCC1CC2.OC1CN2CCC1CC2. The van der Waals surface area contributed by atoms with Gasteiger partial charge in [0.1, 0.15) is 0 Å². The molecule has 6 aliphatic rings. The molecule has 2 atom stereocenters. The van der Waals surface area contributed by atoms with E-state index in [0.29, 0.717) is 11.8 Å². The Balaban J connectivity index is 0.000000111. The number of hydrogen-bond acceptors (Lipinski definition) is 4. The van der Waals surface area contributed by atoms with E-state index in [4.69, 9.17) is 0 Å². The van der Waals surface area contributed by atoms with Crippen LogP contribution in [0.25, 0.3) is 0 Å². The van der Waals surface area contributed by atoms with Crippen LogP contribution in [0, 0.1) is 11.8 Å². The summed E-state index contributed by atoms with van der Waals surface area (Å²) in [5.41, 5.74) is 0. The molecule has 4 nitrogen and oxygen atoms in total. The van der Waals surface area contributed by atoms with E-state index in [0.717, 1.165) is 13.1 Å². The van der Waals surface area contributed by atoms with Gasteiger partial charge in [-0.15, -0.1) is 0 Å². The Morgan fingerprint density at radius 2 is 0.944 bits per heavy atom. The van der Waals surface area contributed by atoms with Crippen LogP contribution < -0.4 is 0 Å². The summed E-state index contributed by atoms with van der Waals surface area (Å²) in [7, 11) is 0. The number of hydrogen-bond donors (Lipinski definition) is 2. The second-order valence-electron chi connectivity index (χ2n) is 6.41.